The highest BCUT2D eigenvalue weighted by Crippen LogP contribution is 2.18. The molecule has 1 unspecified atom stereocenters. The third kappa shape index (κ3) is 1.88. The number of ether oxygens (including phenoxy) is 1. The SMILES string of the molecule is COC(=O)C(C)(N)c1ccnc(F)c1. The molecule has 76 valence electrons. The van der Waals surface area contributed by atoms with E-state index in [0.717, 1.165) is 6.07 Å². The first-order valence-corrected chi connectivity index (χ1v) is 3.98. The van der Waals surface area contributed by atoms with Crippen LogP contribution in [0.5, 0.6) is 0 Å². The molecule has 1 heterocycles. The number of rotatable bonds is 2. The number of nitrogens with two attached hydrogens (primary N) is 1. The lowest BCUT2D eigenvalue weighted by atomic mass is 9.94. The average Bonchev–Trinajstić information content (AvgIpc) is 2.16. The Morgan fingerprint density at radius 1 is 1.71 bits per heavy atom. The quantitative estimate of drug-likeness (QED) is 0.557. The first-order chi connectivity index (χ1) is 6.48. The zero-order valence-corrected chi connectivity index (χ0v) is 7.95. The van der Waals surface area contributed by atoms with Gasteiger partial charge in [0, 0.05) is 6.20 Å². The maximum Gasteiger partial charge on any atom is 0.330 e. The van der Waals surface area contributed by atoms with Gasteiger partial charge in [-0.05, 0) is 24.6 Å². The van der Waals surface area contributed by atoms with Crippen molar-refractivity contribution in [1.29, 1.82) is 0 Å². The van der Waals surface area contributed by atoms with E-state index in [9.17, 15) is 9.18 Å². The van der Waals surface area contributed by atoms with Gasteiger partial charge in [0.05, 0.1) is 7.11 Å². The Morgan fingerprint density at radius 2 is 2.36 bits per heavy atom. The summed E-state index contributed by atoms with van der Waals surface area (Å²) in [6.07, 6.45) is 1.25. The number of halogens is 1. The van der Waals surface area contributed by atoms with Gasteiger partial charge in [-0.1, -0.05) is 0 Å². The lowest BCUT2D eigenvalue weighted by Gasteiger charge is -2.21. The minimum atomic E-state index is -1.35. The van der Waals surface area contributed by atoms with E-state index in [1.807, 2.05) is 0 Å². The van der Waals surface area contributed by atoms with Gasteiger partial charge in [-0.2, -0.15) is 4.39 Å². The molecule has 0 spiro atoms. The Balaban J connectivity index is 3.09. The normalized spacial score (nSPS) is 14.6. The molecule has 4 nitrogen and oxygen atoms in total. The number of carbonyl (C=O) groups excluding carboxylic acids is 1. The summed E-state index contributed by atoms with van der Waals surface area (Å²) >= 11 is 0. The number of carbonyl (C=O) groups is 1. The fraction of sp³-hybridized carbons (Fsp3) is 0.333. The molecule has 2 N–H and O–H groups in total. The molecule has 0 saturated heterocycles. The highest BCUT2D eigenvalue weighted by molar-refractivity contribution is 5.81. The zero-order chi connectivity index (χ0) is 10.8. The molecule has 0 aliphatic rings. The van der Waals surface area contributed by atoms with Crippen molar-refractivity contribution in [2.24, 2.45) is 5.73 Å². The molecule has 0 fully saturated rings. The van der Waals surface area contributed by atoms with Gasteiger partial charge in [-0.3, -0.25) is 0 Å². The van der Waals surface area contributed by atoms with E-state index in [1.54, 1.807) is 0 Å². The van der Waals surface area contributed by atoms with E-state index >= 15 is 0 Å². The molecule has 0 amide bonds. The maximum atomic E-state index is 12.7. The first kappa shape index (κ1) is 10.6. The van der Waals surface area contributed by atoms with Gasteiger partial charge in [0.1, 0.15) is 5.54 Å². The molecule has 5 heteroatoms. The minimum Gasteiger partial charge on any atom is -0.467 e. The van der Waals surface area contributed by atoms with Crippen LogP contribution in [-0.4, -0.2) is 18.1 Å². The highest BCUT2D eigenvalue weighted by atomic mass is 19.1. The fourth-order valence-electron chi connectivity index (χ4n) is 1.06. The summed E-state index contributed by atoms with van der Waals surface area (Å²) < 4.78 is 17.2. The van der Waals surface area contributed by atoms with Crippen LogP contribution in [0.25, 0.3) is 0 Å². The molecule has 0 aliphatic heterocycles. The van der Waals surface area contributed by atoms with Gasteiger partial charge in [0.15, 0.2) is 0 Å². The van der Waals surface area contributed by atoms with E-state index in [1.165, 1.54) is 26.3 Å². The zero-order valence-electron chi connectivity index (χ0n) is 7.95. The van der Waals surface area contributed by atoms with Gasteiger partial charge in [0.2, 0.25) is 5.95 Å². The molecule has 0 bridgehead atoms. The summed E-state index contributed by atoms with van der Waals surface area (Å²) in [5.74, 6) is -1.30. The number of methoxy groups -OCH3 is 1. The van der Waals surface area contributed by atoms with E-state index in [2.05, 4.69) is 9.72 Å². The second kappa shape index (κ2) is 3.71. The van der Waals surface area contributed by atoms with Gasteiger partial charge in [0.25, 0.3) is 0 Å². The smallest absolute Gasteiger partial charge is 0.330 e. The summed E-state index contributed by atoms with van der Waals surface area (Å²) in [4.78, 5) is 14.6. The van der Waals surface area contributed by atoms with Gasteiger partial charge >= 0.3 is 5.97 Å². The molecule has 0 saturated carbocycles. The molecule has 1 atom stereocenters. The Hall–Kier alpha value is -1.49. The Labute approximate surface area is 80.9 Å². The molecule has 0 aromatic carbocycles. The lowest BCUT2D eigenvalue weighted by Crippen LogP contribution is -2.42. The third-order valence-corrected chi connectivity index (χ3v) is 1.94. The van der Waals surface area contributed by atoms with Gasteiger partial charge < -0.3 is 10.5 Å². The van der Waals surface area contributed by atoms with Crippen LogP contribution in [-0.2, 0) is 15.1 Å². The van der Waals surface area contributed by atoms with Crippen LogP contribution < -0.4 is 5.73 Å². The molecule has 1 rings (SSSR count). The van der Waals surface area contributed by atoms with Crippen LogP contribution >= 0.6 is 0 Å². The monoisotopic (exact) mass is 198 g/mol. The van der Waals surface area contributed by atoms with Crippen LogP contribution in [0.15, 0.2) is 18.3 Å². The predicted molar refractivity (Wildman–Crippen MR) is 47.8 cm³/mol. The van der Waals surface area contributed by atoms with Crippen molar-refractivity contribution in [2.75, 3.05) is 7.11 Å². The second-order valence-corrected chi connectivity index (χ2v) is 3.06. The lowest BCUT2D eigenvalue weighted by molar-refractivity contribution is -0.146. The van der Waals surface area contributed by atoms with Crippen LogP contribution in [0.3, 0.4) is 0 Å². The number of hydrogen-bond acceptors (Lipinski definition) is 4. The Bertz CT molecular complexity index is 352. The molecule has 0 radical (unpaired) electrons. The predicted octanol–water partition coefficient (Wildman–Crippen LogP) is 0.568. The largest absolute Gasteiger partial charge is 0.467 e. The highest BCUT2D eigenvalue weighted by Gasteiger charge is 2.31. The van der Waals surface area contributed by atoms with E-state index in [0.29, 0.717) is 5.56 Å². The summed E-state index contributed by atoms with van der Waals surface area (Å²) in [5, 5.41) is 0. The van der Waals surface area contributed by atoms with Gasteiger partial charge in [-0.15, -0.1) is 0 Å². The topological polar surface area (TPSA) is 65.2 Å². The van der Waals surface area contributed by atoms with Crippen LogP contribution in [0.4, 0.5) is 4.39 Å². The molecule has 1 aromatic heterocycles. The van der Waals surface area contributed by atoms with Crippen molar-refractivity contribution in [3.05, 3.63) is 29.8 Å². The van der Waals surface area contributed by atoms with E-state index < -0.39 is 17.5 Å². The maximum absolute atomic E-state index is 12.7. The van der Waals surface area contributed by atoms with E-state index in [-0.39, 0.29) is 0 Å². The van der Waals surface area contributed by atoms with Crippen molar-refractivity contribution in [1.82, 2.24) is 4.98 Å². The van der Waals surface area contributed by atoms with Crippen molar-refractivity contribution >= 4 is 5.97 Å². The molecule has 0 aliphatic carbocycles. The summed E-state index contributed by atoms with van der Waals surface area (Å²) in [6.45, 7) is 1.45. The number of aromatic nitrogens is 1. The fourth-order valence-corrected chi connectivity index (χ4v) is 1.06. The van der Waals surface area contributed by atoms with Crippen LogP contribution in [0.1, 0.15) is 12.5 Å². The average molecular weight is 198 g/mol. The van der Waals surface area contributed by atoms with Crippen molar-refractivity contribution in [2.45, 2.75) is 12.5 Å². The summed E-state index contributed by atoms with van der Waals surface area (Å²) in [7, 11) is 1.23. The minimum absolute atomic E-state index is 0.330. The summed E-state index contributed by atoms with van der Waals surface area (Å²) in [6, 6.07) is 2.58. The summed E-state index contributed by atoms with van der Waals surface area (Å²) in [5.41, 5.74) is 4.67. The van der Waals surface area contributed by atoms with Crippen molar-refractivity contribution in [3.63, 3.8) is 0 Å². The third-order valence-electron chi connectivity index (χ3n) is 1.94. The second-order valence-electron chi connectivity index (χ2n) is 3.06. The van der Waals surface area contributed by atoms with Crippen LogP contribution in [0, 0.1) is 5.95 Å². The molecular formula is C9H11FN2O2. The van der Waals surface area contributed by atoms with Crippen molar-refractivity contribution < 1.29 is 13.9 Å². The molecule has 1 aromatic rings. The van der Waals surface area contributed by atoms with Crippen LogP contribution in [0.2, 0.25) is 0 Å². The Kier molecular flexibility index (Phi) is 2.81. The standard InChI is InChI=1S/C9H11FN2O2/c1-9(11,8(13)14-2)6-3-4-12-7(10)5-6/h3-5H,11H2,1-2H3. The molecule has 14 heavy (non-hydrogen) atoms. The van der Waals surface area contributed by atoms with Crippen molar-refractivity contribution in [3.8, 4) is 0 Å². The number of pyridine rings is 1. The number of esters is 1. The first-order valence-electron chi connectivity index (χ1n) is 3.98. The van der Waals surface area contributed by atoms with Gasteiger partial charge in [-0.25, -0.2) is 9.78 Å². The Morgan fingerprint density at radius 3 is 2.86 bits per heavy atom. The number of hydrogen-bond donors (Lipinski definition) is 1. The number of nitrogens with zero attached hydrogens (tertiary/aromatic N) is 1. The van der Waals surface area contributed by atoms with E-state index in [4.69, 9.17) is 5.73 Å². The molecular weight excluding hydrogens is 187 g/mol.